The van der Waals surface area contributed by atoms with Crippen LogP contribution in [0.4, 0.5) is 0 Å². The van der Waals surface area contributed by atoms with Crippen molar-refractivity contribution >= 4 is 10.0 Å². The third kappa shape index (κ3) is 3.92. The van der Waals surface area contributed by atoms with Gasteiger partial charge in [0.15, 0.2) is 0 Å². The van der Waals surface area contributed by atoms with Crippen LogP contribution in [0.3, 0.4) is 0 Å². The quantitative estimate of drug-likeness (QED) is 0.836. The molecule has 2 aromatic rings. The van der Waals surface area contributed by atoms with Crippen LogP contribution in [-0.2, 0) is 28.9 Å². The molecule has 0 bridgehead atoms. The van der Waals surface area contributed by atoms with Crippen LogP contribution in [-0.4, -0.2) is 8.42 Å². The molecule has 1 aromatic carbocycles. The monoisotopic (exact) mass is 280 g/mol. The van der Waals surface area contributed by atoms with E-state index in [0.29, 0.717) is 6.54 Å². The maximum absolute atomic E-state index is 12.0. The van der Waals surface area contributed by atoms with Crippen LogP contribution >= 0.6 is 0 Å². The third-order valence-electron chi connectivity index (χ3n) is 2.76. The molecule has 0 saturated heterocycles. The predicted molar refractivity (Wildman–Crippen MR) is 72.5 cm³/mol. The molecule has 0 aliphatic heterocycles. The molecule has 5 nitrogen and oxygen atoms in total. The zero-order chi connectivity index (χ0) is 13.7. The van der Waals surface area contributed by atoms with Crippen molar-refractivity contribution in [3.63, 3.8) is 0 Å². The number of nitrogens with one attached hydrogen (secondary N) is 1. The van der Waals surface area contributed by atoms with Crippen LogP contribution in [0, 0.1) is 0 Å². The van der Waals surface area contributed by atoms with Gasteiger partial charge < -0.3 is 10.2 Å². The molecule has 0 amide bonds. The molecule has 0 unspecified atom stereocenters. The zero-order valence-corrected chi connectivity index (χ0v) is 11.2. The Hall–Kier alpha value is -1.63. The highest BCUT2D eigenvalue weighted by Gasteiger charge is 2.13. The van der Waals surface area contributed by atoms with Gasteiger partial charge in [-0.3, -0.25) is 0 Å². The fourth-order valence-corrected chi connectivity index (χ4v) is 2.92. The van der Waals surface area contributed by atoms with Crippen molar-refractivity contribution in [3.05, 3.63) is 59.5 Å². The Morgan fingerprint density at radius 3 is 2.53 bits per heavy atom. The Kier molecular flexibility index (Phi) is 4.36. The maximum Gasteiger partial charge on any atom is 0.216 e. The highest BCUT2D eigenvalue weighted by Crippen LogP contribution is 2.12. The molecular formula is C13H16N2O3S. The molecule has 0 fully saturated rings. The van der Waals surface area contributed by atoms with Gasteiger partial charge in [0.1, 0.15) is 0 Å². The molecule has 0 atom stereocenters. The van der Waals surface area contributed by atoms with Crippen LogP contribution in [0.15, 0.2) is 47.3 Å². The van der Waals surface area contributed by atoms with E-state index in [0.717, 1.165) is 16.7 Å². The van der Waals surface area contributed by atoms with E-state index in [1.165, 1.54) is 12.5 Å². The number of furan rings is 1. The highest BCUT2D eigenvalue weighted by atomic mass is 32.2. The van der Waals surface area contributed by atoms with Gasteiger partial charge in [0.2, 0.25) is 10.0 Å². The van der Waals surface area contributed by atoms with Gasteiger partial charge in [-0.15, -0.1) is 0 Å². The topological polar surface area (TPSA) is 85.3 Å². The van der Waals surface area contributed by atoms with Crippen LogP contribution in [0.25, 0.3) is 0 Å². The molecule has 0 spiro atoms. The van der Waals surface area contributed by atoms with Crippen LogP contribution < -0.4 is 10.5 Å². The lowest BCUT2D eigenvalue weighted by Gasteiger charge is -2.09. The van der Waals surface area contributed by atoms with Gasteiger partial charge in [-0.2, -0.15) is 0 Å². The van der Waals surface area contributed by atoms with Crippen LogP contribution in [0.5, 0.6) is 0 Å². The molecule has 0 aliphatic carbocycles. The van der Waals surface area contributed by atoms with Crippen molar-refractivity contribution in [3.8, 4) is 0 Å². The lowest BCUT2D eigenvalue weighted by atomic mass is 10.1. The van der Waals surface area contributed by atoms with Crippen molar-refractivity contribution in [2.75, 3.05) is 0 Å². The summed E-state index contributed by atoms with van der Waals surface area (Å²) in [5, 5.41) is 0. The Morgan fingerprint density at radius 2 is 1.89 bits per heavy atom. The summed E-state index contributed by atoms with van der Waals surface area (Å²) in [5.74, 6) is -0.0712. The van der Waals surface area contributed by atoms with Crippen LogP contribution in [0.2, 0.25) is 0 Å². The van der Waals surface area contributed by atoms with Gasteiger partial charge in [0.05, 0.1) is 18.3 Å². The van der Waals surface area contributed by atoms with Crippen molar-refractivity contribution < 1.29 is 12.8 Å². The van der Waals surface area contributed by atoms with Crippen molar-refractivity contribution in [1.82, 2.24) is 4.72 Å². The number of nitrogens with two attached hydrogens (primary N) is 1. The van der Waals surface area contributed by atoms with E-state index in [9.17, 15) is 8.42 Å². The number of hydrogen-bond donors (Lipinski definition) is 2. The largest absolute Gasteiger partial charge is 0.472 e. The molecule has 0 saturated carbocycles. The van der Waals surface area contributed by atoms with Gasteiger partial charge in [0, 0.05) is 18.7 Å². The highest BCUT2D eigenvalue weighted by molar-refractivity contribution is 7.88. The normalized spacial score (nSPS) is 11.6. The molecule has 6 heteroatoms. The molecule has 3 N–H and O–H groups in total. The first-order valence-corrected chi connectivity index (χ1v) is 7.51. The minimum atomic E-state index is -3.39. The summed E-state index contributed by atoms with van der Waals surface area (Å²) in [6.07, 6.45) is 3.02. The summed E-state index contributed by atoms with van der Waals surface area (Å²) in [6, 6.07) is 8.98. The summed E-state index contributed by atoms with van der Waals surface area (Å²) < 4.78 is 31.4. The van der Waals surface area contributed by atoms with Crippen molar-refractivity contribution in [2.45, 2.75) is 18.8 Å². The van der Waals surface area contributed by atoms with Gasteiger partial charge in [-0.1, -0.05) is 24.3 Å². The summed E-state index contributed by atoms with van der Waals surface area (Å²) in [5.41, 5.74) is 7.95. The van der Waals surface area contributed by atoms with E-state index in [-0.39, 0.29) is 12.3 Å². The van der Waals surface area contributed by atoms with E-state index in [1.807, 2.05) is 12.1 Å². The summed E-state index contributed by atoms with van der Waals surface area (Å²) in [7, 11) is -3.39. The molecular weight excluding hydrogens is 264 g/mol. The molecule has 102 valence electrons. The minimum absolute atomic E-state index is 0.0712. The minimum Gasteiger partial charge on any atom is -0.472 e. The Morgan fingerprint density at radius 1 is 1.16 bits per heavy atom. The number of rotatable bonds is 6. The number of benzene rings is 1. The van der Waals surface area contributed by atoms with E-state index in [2.05, 4.69) is 4.72 Å². The van der Waals surface area contributed by atoms with Crippen molar-refractivity contribution in [1.29, 1.82) is 0 Å². The Labute approximate surface area is 112 Å². The molecule has 1 heterocycles. The average molecular weight is 280 g/mol. The standard InChI is InChI=1S/C13H16N2O3S/c14-7-12-3-1-2-4-13(12)10-19(16,17)15-8-11-5-6-18-9-11/h1-6,9,15H,7-8,10,14H2. The SMILES string of the molecule is NCc1ccccc1CS(=O)(=O)NCc1ccoc1. The van der Waals surface area contributed by atoms with E-state index in [4.69, 9.17) is 10.2 Å². The second kappa shape index (κ2) is 6.01. The Balaban J connectivity index is 2.04. The lowest BCUT2D eigenvalue weighted by molar-refractivity contribution is 0.561. The third-order valence-corrected chi connectivity index (χ3v) is 4.04. The Bertz CT molecular complexity index is 621. The summed E-state index contributed by atoms with van der Waals surface area (Å²) >= 11 is 0. The second-order valence-corrected chi connectivity index (χ2v) is 5.99. The van der Waals surface area contributed by atoms with E-state index >= 15 is 0 Å². The smallest absolute Gasteiger partial charge is 0.216 e. The van der Waals surface area contributed by atoms with Gasteiger partial charge in [-0.25, -0.2) is 13.1 Å². The summed E-state index contributed by atoms with van der Waals surface area (Å²) in [4.78, 5) is 0. The van der Waals surface area contributed by atoms with E-state index in [1.54, 1.807) is 18.2 Å². The first-order valence-electron chi connectivity index (χ1n) is 5.86. The first kappa shape index (κ1) is 13.8. The molecule has 19 heavy (non-hydrogen) atoms. The number of hydrogen-bond acceptors (Lipinski definition) is 4. The fourth-order valence-electron chi connectivity index (χ4n) is 1.74. The average Bonchev–Trinajstić information content (AvgIpc) is 2.90. The molecule has 0 aliphatic rings. The van der Waals surface area contributed by atoms with E-state index < -0.39 is 10.0 Å². The molecule has 0 radical (unpaired) electrons. The summed E-state index contributed by atoms with van der Waals surface area (Å²) in [6.45, 7) is 0.553. The van der Waals surface area contributed by atoms with Gasteiger partial charge in [0.25, 0.3) is 0 Å². The van der Waals surface area contributed by atoms with Gasteiger partial charge >= 0.3 is 0 Å². The maximum atomic E-state index is 12.0. The molecule has 1 aromatic heterocycles. The fraction of sp³-hybridized carbons (Fsp3) is 0.231. The number of sulfonamides is 1. The predicted octanol–water partition coefficient (Wildman–Crippen LogP) is 1.36. The zero-order valence-electron chi connectivity index (χ0n) is 10.4. The second-order valence-electron chi connectivity index (χ2n) is 4.18. The van der Waals surface area contributed by atoms with Crippen LogP contribution in [0.1, 0.15) is 16.7 Å². The first-order chi connectivity index (χ1) is 9.11. The molecule has 2 rings (SSSR count). The lowest BCUT2D eigenvalue weighted by Crippen LogP contribution is -2.25. The van der Waals surface area contributed by atoms with Crippen molar-refractivity contribution in [2.24, 2.45) is 5.73 Å². The van der Waals surface area contributed by atoms with Gasteiger partial charge in [-0.05, 0) is 17.2 Å².